The Morgan fingerprint density at radius 1 is 1.17 bits per heavy atom. The Bertz CT molecular complexity index is 1150. The average molecular weight is 423 g/mol. The number of nitrogens with one attached hydrogen (secondary N) is 1. The van der Waals surface area contributed by atoms with Gasteiger partial charge in [0, 0.05) is 5.02 Å². The molecule has 1 amide bonds. The molecule has 2 aromatic carbocycles. The molecule has 0 saturated carbocycles. The molecule has 2 heterocycles. The smallest absolute Gasteiger partial charge is 0.293 e. The van der Waals surface area contributed by atoms with Crippen LogP contribution in [0.2, 0.25) is 5.02 Å². The first-order valence-electron chi connectivity index (χ1n) is 9.28. The summed E-state index contributed by atoms with van der Waals surface area (Å²) in [7, 11) is 0. The van der Waals surface area contributed by atoms with Crippen molar-refractivity contribution in [3.63, 3.8) is 0 Å². The summed E-state index contributed by atoms with van der Waals surface area (Å²) in [5.74, 6) is 1.21. The number of hydrogen-bond donors (Lipinski definition) is 1. The molecule has 0 bridgehead atoms. The molecule has 0 radical (unpaired) electrons. The van der Waals surface area contributed by atoms with E-state index in [0.29, 0.717) is 17.3 Å². The van der Waals surface area contributed by atoms with Gasteiger partial charge in [0.05, 0.1) is 6.54 Å². The number of aryl methyl sites for hydroxylation is 1. The molecule has 7 nitrogen and oxygen atoms in total. The van der Waals surface area contributed by atoms with Gasteiger partial charge in [0.15, 0.2) is 5.76 Å². The monoisotopic (exact) mass is 422 g/mol. The molecule has 0 aliphatic carbocycles. The highest BCUT2D eigenvalue weighted by Gasteiger charge is 2.14. The number of hydrogen-bond acceptors (Lipinski definition) is 5. The van der Waals surface area contributed by atoms with Gasteiger partial charge in [-0.1, -0.05) is 35.9 Å². The third-order valence-electron chi connectivity index (χ3n) is 4.28. The minimum absolute atomic E-state index is 0.159. The van der Waals surface area contributed by atoms with Crippen LogP contribution in [-0.4, -0.2) is 20.7 Å². The van der Waals surface area contributed by atoms with Crippen LogP contribution in [0.3, 0.4) is 0 Å². The first kappa shape index (κ1) is 19.7. The van der Waals surface area contributed by atoms with Crippen molar-refractivity contribution < 1.29 is 13.9 Å². The number of nitrogens with zero attached hydrogens (tertiary/aromatic N) is 3. The van der Waals surface area contributed by atoms with Crippen LogP contribution < -0.4 is 10.1 Å². The molecule has 4 aromatic rings. The first-order valence-corrected chi connectivity index (χ1v) is 9.66. The van der Waals surface area contributed by atoms with E-state index in [1.54, 1.807) is 23.1 Å². The second-order valence-electron chi connectivity index (χ2n) is 6.72. The zero-order valence-corrected chi connectivity index (χ0v) is 17.0. The van der Waals surface area contributed by atoms with Gasteiger partial charge in [-0.2, -0.15) is 0 Å². The Kier molecular flexibility index (Phi) is 5.81. The second-order valence-corrected chi connectivity index (χ2v) is 7.15. The number of rotatable bonds is 7. The van der Waals surface area contributed by atoms with E-state index in [4.69, 9.17) is 20.8 Å². The normalized spacial score (nSPS) is 10.7. The summed E-state index contributed by atoms with van der Waals surface area (Å²) in [5, 5.41) is 7.56. The summed E-state index contributed by atoms with van der Waals surface area (Å²) < 4.78 is 12.9. The lowest BCUT2D eigenvalue weighted by atomic mass is 10.2. The van der Waals surface area contributed by atoms with E-state index in [9.17, 15) is 4.79 Å². The average Bonchev–Trinajstić information content (AvgIpc) is 3.38. The molecule has 0 fully saturated rings. The first-order chi connectivity index (χ1) is 14.5. The van der Waals surface area contributed by atoms with E-state index in [0.717, 1.165) is 16.9 Å². The zero-order valence-electron chi connectivity index (χ0n) is 16.2. The van der Waals surface area contributed by atoms with Crippen LogP contribution in [0.15, 0.2) is 71.4 Å². The Labute approximate surface area is 178 Å². The lowest BCUT2D eigenvalue weighted by Gasteiger charge is -2.04. The maximum Gasteiger partial charge on any atom is 0.293 e. The number of ether oxygens (including phenoxy) is 1. The van der Waals surface area contributed by atoms with Gasteiger partial charge in [-0.15, -0.1) is 5.10 Å². The zero-order chi connectivity index (χ0) is 20.9. The van der Waals surface area contributed by atoms with E-state index >= 15 is 0 Å². The molecule has 30 heavy (non-hydrogen) atoms. The Balaban J connectivity index is 1.33. The highest BCUT2D eigenvalue weighted by molar-refractivity contribution is 6.30. The molecule has 152 valence electrons. The molecule has 0 spiro atoms. The minimum atomic E-state index is -0.430. The summed E-state index contributed by atoms with van der Waals surface area (Å²) in [5.41, 5.74) is 2.13. The predicted octanol–water partition coefficient (Wildman–Crippen LogP) is 4.71. The molecular formula is C22H19ClN4O3. The Hall–Kier alpha value is -3.58. The van der Waals surface area contributed by atoms with Crippen molar-refractivity contribution in [3.8, 4) is 5.75 Å². The molecule has 0 saturated heterocycles. The number of aromatic nitrogens is 3. The van der Waals surface area contributed by atoms with Gasteiger partial charge in [0.25, 0.3) is 5.91 Å². The molecule has 0 aliphatic heterocycles. The number of furan rings is 1. The number of amides is 1. The number of halogens is 1. The van der Waals surface area contributed by atoms with Crippen molar-refractivity contribution in [2.24, 2.45) is 0 Å². The lowest BCUT2D eigenvalue weighted by Crippen LogP contribution is -2.12. The molecule has 1 N–H and O–H groups in total. The van der Waals surface area contributed by atoms with Gasteiger partial charge < -0.3 is 9.15 Å². The predicted molar refractivity (Wildman–Crippen MR) is 113 cm³/mol. The fourth-order valence-electron chi connectivity index (χ4n) is 2.81. The third-order valence-corrected chi connectivity index (χ3v) is 4.53. The largest absolute Gasteiger partial charge is 0.486 e. The van der Waals surface area contributed by atoms with Crippen molar-refractivity contribution in [2.75, 3.05) is 5.32 Å². The Morgan fingerprint density at radius 3 is 2.80 bits per heavy atom. The van der Waals surface area contributed by atoms with Gasteiger partial charge in [-0.05, 0) is 54.4 Å². The molecule has 2 aromatic heterocycles. The molecule has 8 heteroatoms. The molecule has 0 unspecified atom stereocenters. The van der Waals surface area contributed by atoms with Crippen molar-refractivity contribution in [2.45, 2.75) is 20.1 Å². The lowest BCUT2D eigenvalue weighted by molar-refractivity contribution is 0.0991. The van der Waals surface area contributed by atoms with Crippen LogP contribution in [0, 0.1) is 6.92 Å². The van der Waals surface area contributed by atoms with Crippen LogP contribution in [0.1, 0.15) is 27.4 Å². The van der Waals surface area contributed by atoms with Crippen LogP contribution >= 0.6 is 11.6 Å². The number of carbonyl (C=O) groups is 1. The van der Waals surface area contributed by atoms with Gasteiger partial charge in [0.1, 0.15) is 24.4 Å². The topological polar surface area (TPSA) is 82.2 Å². The summed E-state index contributed by atoms with van der Waals surface area (Å²) in [4.78, 5) is 16.5. The van der Waals surface area contributed by atoms with E-state index in [2.05, 4.69) is 15.4 Å². The summed E-state index contributed by atoms with van der Waals surface area (Å²) >= 11 is 5.89. The third kappa shape index (κ3) is 5.07. The van der Waals surface area contributed by atoms with Crippen molar-refractivity contribution in [1.82, 2.24) is 14.8 Å². The summed E-state index contributed by atoms with van der Waals surface area (Å²) in [6.07, 6.45) is 1.55. The number of anilines is 1. The molecule has 0 aliphatic rings. The van der Waals surface area contributed by atoms with Gasteiger partial charge in [0.2, 0.25) is 5.95 Å². The number of benzene rings is 2. The van der Waals surface area contributed by atoms with Crippen LogP contribution in [0.4, 0.5) is 5.95 Å². The summed E-state index contributed by atoms with van der Waals surface area (Å²) in [6, 6.07) is 18.5. The fourth-order valence-corrected chi connectivity index (χ4v) is 2.93. The fraction of sp³-hybridized carbons (Fsp3) is 0.136. The second kappa shape index (κ2) is 8.84. The van der Waals surface area contributed by atoms with Crippen LogP contribution in [-0.2, 0) is 13.2 Å². The maximum absolute atomic E-state index is 12.4. The van der Waals surface area contributed by atoms with E-state index in [-0.39, 0.29) is 18.3 Å². The SMILES string of the molecule is Cc1cccc(OCc2ccc(C(=O)Nc3ncn(Cc4ccc(Cl)cc4)n3)o2)c1. The maximum atomic E-state index is 12.4. The highest BCUT2D eigenvalue weighted by atomic mass is 35.5. The number of carbonyl (C=O) groups excluding carboxylic acids is 1. The van der Waals surface area contributed by atoms with E-state index < -0.39 is 5.91 Å². The standard InChI is InChI=1S/C22H19ClN4O3/c1-15-3-2-4-18(11-15)29-13-19-9-10-20(30-19)21(28)25-22-24-14-27(26-22)12-16-5-7-17(23)8-6-16/h2-11,14H,12-13H2,1H3,(H,25,26,28). The van der Waals surface area contributed by atoms with Crippen molar-refractivity contribution in [1.29, 1.82) is 0 Å². The van der Waals surface area contributed by atoms with Gasteiger partial charge >= 0.3 is 0 Å². The molecule has 4 rings (SSSR count). The summed E-state index contributed by atoms with van der Waals surface area (Å²) in [6.45, 7) is 2.74. The quantitative estimate of drug-likeness (QED) is 0.466. The van der Waals surface area contributed by atoms with E-state index in [1.165, 1.54) is 0 Å². The minimum Gasteiger partial charge on any atom is -0.486 e. The molecule has 0 atom stereocenters. The highest BCUT2D eigenvalue weighted by Crippen LogP contribution is 2.16. The van der Waals surface area contributed by atoms with Crippen molar-refractivity contribution >= 4 is 23.5 Å². The molecular weight excluding hydrogens is 404 g/mol. The van der Waals surface area contributed by atoms with Gasteiger partial charge in [-0.3, -0.25) is 10.1 Å². The van der Waals surface area contributed by atoms with Crippen LogP contribution in [0.5, 0.6) is 5.75 Å². The van der Waals surface area contributed by atoms with Crippen molar-refractivity contribution in [3.05, 3.63) is 94.7 Å². The van der Waals surface area contributed by atoms with Gasteiger partial charge in [-0.25, -0.2) is 9.67 Å². The van der Waals surface area contributed by atoms with E-state index in [1.807, 2.05) is 55.5 Å². The van der Waals surface area contributed by atoms with Crippen LogP contribution in [0.25, 0.3) is 0 Å². The Morgan fingerprint density at radius 2 is 2.00 bits per heavy atom.